The first-order chi connectivity index (χ1) is 12.9. The van der Waals surface area contributed by atoms with Crippen molar-refractivity contribution in [2.75, 3.05) is 11.9 Å². The highest BCUT2D eigenvalue weighted by atomic mass is 32.1. The molecule has 0 radical (unpaired) electrons. The summed E-state index contributed by atoms with van der Waals surface area (Å²) in [5.41, 5.74) is 6.51. The monoisotopic (exact) mass is 390 g/mol. The molecule has 8 nitrogen and oxygen atoms in total. The first kappa shape index (κ1) is 18.7. The number of aromatic hydroxyl groups is 2. The summed E-state index contributed by atoms with van der Waals surface area (Å²) >= 11 is 1.31. The standard InChI is InChI=1S/C18H18N2O6S/c19-16(24)15-11-3-1-2-4-13(11)27-17(15)20-14(23)8-26-18(25)10-6-5-9(21)7-12(10)22/h5-7,21-22H,1-4,8H2,(H2,19,24)(H,20,23). The lowest BCUT2D eigenvalue weighted by Crippen LogP contribution is -2.23. The number of carbonyl (C=O) groups excluding carboxylic acids is 3. The largest absolute Gasteiger partial charge is 0.508 e. The number of ether oxygens (including phenoxy) is 1. The third kappa shape index (κ3) is 4.03. The second-order valence-corrected chi connectivity index (χ2v) is 7.21. The zero-order valence-corrected chi connectivity index (χ0v) is 15.1. The number of carbonyl (C=O) groups is 3. The van der Waals surface area contributed by atoms with Gasteiger partial charge in [0.25, 0.3) is 11.8 Å². The summed E-state index contributed by atoms with van der Waals surface area (Å²) in [4.78, 5) is 36.9. The number of hydrogen-bond donors (Lipinski definition) is 4. The number of nitrogens with two attached hydrogens (primary N) is 1. The van der Waals surface area contributed by atoms with E-state index in [0.717, 1.165) is 42.2 Å². The molecular formula is C18H18N2O6S. The van der Waals surface area contributed by atoms with Gasteiger partial charge in [0, 0.05) is 10.9 Å². The zero-order chi connectivity index (χ0) is 19.6. The van der Waals surface area contributed by atoms with Crippen molar-refractivity contribution in [2.24, 2.45) is 5.73 Å². The van der Waals surface area contributed by atoms with Crippen LogP contribution in [0.1, 0.15) is 44.0 Å². The van der Waals surface area contributed by atoms with E-state index in [2.05, 4.69) is 5.32 Å². The number of anilines is 1. The molecule has 1 aromatic carbocycles. The highest BCUT2D eigenvalue weighted by Gasteiger charge is 2.25. The molecule has 0 fully saturated rings. The number of phenols is 2. The van der Waals surface area contributed by atoms with E-state index < -0.39 is 30.1 Å². The summed E-state index contributed by atoms with van der Waals surface area (Å²) in [7, 11) is 0. The number of amides is 2. The molecule has 1 aromatic heterocycles. The van der Waals surface area contributed by atoms with Crippen LogP contribution in [-0.2, 0) is 22.4 Å². The third-order valence-electron chi connectivity index (χ3n) is 4.21. The van der Waals surface area contributed by atoms with Crippen molar-refractivity contribution in [3.05, 3.63) is 39.8 Å². The minimum absolute atomic E-state index is 0.176. The Kier molecular flexibility index (Phi) is 5.31. The summed E-state index contributed by atoms with van der Waals surface area (Å²) in [5.74, 6) is -2.80. The average molecular weight is 390 g/mol. The van der Waals surface area contributed by atoms with E-state index >= 15 is 0 Å². The molecule has 0 saturated heterocycles. The van der Waals surface area contributed by atoms with E-state index in [-0.39, 0.29) is 11.3 Å². The van der Waals surface area contributed by atoms with Gasteiger partial charge in [0.2, 0.25) is 0 Å². The molecule has 3 rings (SSSR count). The highest BCUT2D eigenvalue weighted by molar-refractivity contribution is 7.17. The molecule has 2 amide bonds. The summed E-state index contributed by atoms with van der Waals surface area (Å²) in [5, 5.41) is 21.8. The maximum absolute atomic E-state index is 12.1. The number of nitrogens with one attached hydrogen (secondary N) is 1. The summed E-state index contributed by atoms with van der Waals surface area (Å²) < 4.78 is 4.88. The van der Waals surface area contributed by atoms with Gasteiger partial charge in [-0.3, -0.25) is 9.59 Å². The Morgan fingerprint density at radius 1 is 1.19 bits per heavy atom. The van der Waals surface area contributed by atoms with Crippen LogP contribution in [0.25, 0.3) is 0 Å². The topological polar surface area (TPSA) is 139 Å². The van der Waals surface area contributed by atoms with E-state index in [0.29, 0.717) is 10.6 Å². The molecule has 0 aliphatic heterocycles. The number of benzene rings is 1. The Morgan fingerprint density at radius 3 is 2.63 bits per heavy atom. The first-order valence-electron chi connectivity index (χ1n) is 8.30. The van der Waals surface area contributed by atoms with Crippen molar-refractivity contribution in [3.8, 4) is 11.5 Å². The predicted molar refractivity (Wildman–Crippen MR) is 98.2 cm³/mol. The van der Waals surface area contributed by atoms with Crippen LogP contribution in [0.15, 0.2) is 18.2 Å². The van der Waals surface area contributed by atoms with Gasteiger partial charge in [0.15, 0.2) is 6.61 Å². The maximum atomic E-state index is 12.1. The van der Waals surface area contributed by atoms with Crippen LogP contribution in [-0.4, -0.2) is 34.6 Å². The molecule has 2 aromatic rings. The van der Waals surface area contributed by atoms with Gasteiger partial charge < -0.3 is 26.0 Å². The molecule has 1 aliphatic carbocycles. The molecule has 5 N–H and O–H groups in total. The Balaban J connectivity index is 1.67. The number of phenolic OH excluding ortho intramolecular Hbond substituents is 2. The molecule has 0 bridgehead atoms. The van der Waals surface area contributed by atoms with Crippen LogP contribution in [0.4, 0.5) is 5.00 Å². The third-order valence-corrected chi connectivity index (χ3v) is 5.41. The summed E-state index contributed by atoms with van der Waals surface area (Å²) in [6, 6.07) is 3.39. The normalized spacial score (nSPS) is 12.9. The van der Waals surface area contributed by atoms with E-state index in [1.807, 2.05) is 0 Å². The van der Waals surface area contributed by atoms with Gasteiger partial charge in [-0.05, 0) is 43.4 Å². The number of fused-ring (bicyclic) bond motifs is 1. The number of primary amides is 1. The molecule has 0 atom stereocenters. The lowest BCUT2D eigenvalue weighted by molar-refractivity contribution is -0.119. The number of rotatable bonds is 5. The van der Waals surface area contributed by atoms with E-state index in [1.165, 1.54) is 23.5 Å². The lowest BCUT2D eigenvalue weighted by Gasteiger charge is -2.11. The molecule has 0 saturated carbocycles. The minimum Gasteiger partial charge on any atom is -0.508 e. The summed E-state index contributed by atoms with van der Waals surface area (Å²) in [6.45, 7) is -0.597. The highest BCUT2D eigenvalue weighted by Crippen LogP contribution is 2.37. The SMILES string of the molecule is NC(=O)c1c(NC(=O)COC(=O)c2ccc(O)cc2O)sc2c1CCCC2. The van der Waals surface area contributed by atoms with Crippen LogP contribution >= 0.6 is 11.3 Å². The fraction of sp³-hybridized carbons (Fsp3) is 0.278. The Morgan fingerprint density at radius 2 is 1.93 bits per heavy atom. The first-order valence-corrected chi connectivity index (χ1v) is 9.11. The van der Waals surface area contributed by atoms with Gasteiger partial charge in [0.05, 0.1) is 5.56 Å². The lowest BCUT2D eigenvalue weighted by atomic mass is 9.95. The van der Waals surface area contributed by atoms with Gasteiger partial charge >= 0.3 is 5.97 Å². The molecule has 142 valence electrons. The van der Waals surface area contributed by atoms with Crippen LogP contribution < -0.4 is 11.1 Å². The van der Waals surface area contributed by atoms with Gasteiger partial charge in [-0.2, -0.15) is 0 Å². The van der Waals surface area contributed by atoms with Crippen molar-refractivity contribution in [2.45, 2.75) is 25.7 Å². The van der Waals surface area contributed by atoms with Gasteiger partial charge in [-0.25, -0.2) is 4.79 Å². The quantitative estimate of drug-likeness (QED) is 0.575. The number of aryl methyl sites for hydroxylation is 1. The van der Waals surface area contributed by atoms with Crippen molar-refractivity contribution >= 4 is 34.1 Å². The fourth-order valence-corrected chi connectivity index (χ4v) is 4.29. The van der Waals surface area contributed by atoms with Gasteiger partial charge in [-0.1, -0.05) is 0 Å². The van der Waals surface area contributed by atoms with Crippen molar-refractivity contribution in [1.82, 2.24) is 0 Å². The van der Waals surface area contributed by atoms with Gasteiger partial charge in [-0.15, -0.1) is 11.3 Å². The minimum atomic E-state index is -0.914. The molecule has 0 unspecified atom stereocenters. The second kappa shape index (κ2) is 7.67. The molecule has 27 heavy (non-hydrogen) atoms. The molecular weight excluding hydrogens is 372 g/mol. The smallest absolute Gasteiger partial charge is 0.342 e. The van der Waals surface area contributed by atoms with Crippen molar-refractivity contribution < 1.29 is 29.3 Å². The Bertz CT molecular complexity index is 921. The van der Waals surface area contributed by atoms with E-state index in [9.17, 15) is 24.6 Å². The van der Waals surface area contributed by atoms with Crippen molar-refractivity contribution in [3.63, 3.8) is 0 Å². The second-order valence-electron chi connectivity index (χ2n) is 6.11. The molecule has 1 heterocycles. The summed E-state index contributed by atoms with van der Waals surface area (Å²) in [6.07, 6.45) is 3.57. The average Bonchev–Trinajstić information content (AvgIpc) is 2.97. The van der Waals surface area contributed by atoms with Crippen LogP contribution in [0.3, 0.4) is 0 Å². The van der Waals surface area contributed by atoms with Crippen LogP contribution in [0.5, 0.6) is 11.5 Å². The Labute approximate surface area is 158 Å². The fourth-order valence-electron chi connectivity index (χ4n) is 2.98. The molecule has 1 aliphatic rings. The number of esters is 1. The number of hydrogen-bond acceptors (Lipinski definition) is 7. The predicted octanol–water partition coefficient (Wildman–Crippen LogP) is 1.93. The van der Waals surface area contributed by atoms with Crippen LogP contribution in [0.2, 0.25) is 0 Å². The molecule has 0 spiro atoms. The Hall–Kier alpha value is -3.07. The van der Waals surface area contributed by atoms with Crippen LogP contribution in [0, 0.1) is 0 Å². The van der Waals surface area contributed by atoms with E-state index in [4.69, 9.17) is 10.5 Å². The molecule has 9 heteroatoms. The maximum Gasteiger partial charge on any atom is 0.342 e. The van der Waals surface area contributed by atoms with Crippen molar-refractivity contribution in [1.29, 1.82) is 0 Å². The number of thiophene rings is 1. The zero-order valence-electron chi connectivity index (χ0n) is 14.3. The van der Waals surface area contributed by atoms with E-state index in [1.54, 1.807) is 0 Å². The van der Waals surface area contributed by atoms with Gasteiger partial charge in [0.1, 0.15) is 22.1 Å².